The maximum atomic E-state index is 14.6. The van der Waals surface area contributed by atoms with Gasteiger partial charge in [-0.15, -0.1) is 17.9 Å². The molecule has 0 radical (unpaired) electrons. The second kappa shape index (κ2) is 16.6. The van der Waals surface area contributed by atoms with E-state index in [4.69, 9.17) is 0 Å². The number of carbonyl (C=O) groups is 6. The maximum absolute atomic E-state index is 14.6. The third-order valence-corrected chi connectivity index (χ3v) is 11.4. The lowest BCUT2D eigenvalue weighted by Gasteiger charge is -2.42. The summed E-state index contributed by atoms with van der Waals surface area (Å²) < 4.78 is 0. The largest absolute Gasteiger partial charge is 0.346 e. The van der Waals surface area contributed by atoms with Crippen molar-refractivity contribution in [2.24, 2.45) is 28.6 Å². The number of nitrogens with zero attached hydrogens (tertiary/aromatic N) is 2. The summed E-state index contributed by atoms with van der Waals surface area (Å²) in [5.74, 6) is -2.86. The van der Waals surface area contributed by atoms with Crippen LogP contribution in [-0.2, 0) is 24.0 Å². The molecule has 3 aliphatic rings. The predicted octanol–water partition coefficient (Wildman–Crippen LogP) is 3.77. The predicted molar refractivity (Wildman–Crippen MR) is 192 cm³/mol. The van der Waals surface area contributed by atoms with Gasteiger partial charge in [0.1, 0.15) is 18.1 Å². The molecule has 1 unspecified atom stereocenters. The van der Waals surface area contributed by atoms with E-state index in [-0.39, 0.29) is 29.3 Å². The lowest BCUT2D eigenvalue weighted by molar-refractivity contribution is -0.145. The van der Waals surface area contributed by atoms with Crippen LogP contribution in [-0.4, -0.2) is 82.5 Å². The highest BCUT2D eigenvalue weighted by molar-refractivity contribution is 7.11. The summed E-state index contributed by atoms with van der Waals surface area (Å²) >= 11 is 1.19. The molecular weight excluding hydrogens is 657 g/mol. The number of Topliss-reactive ketones (excluding diaryl/α,β-unsaturated/α-hetero) is 1. The van der Waals surface area contributed by atoms with E-state index < -0.39 is 70.3 Å². The SMILES string of the molecule is C=CCNC(=O)C(=O)C(CC1CC1)NC(=O)[C@@H]1C[C@@H](C(C)C)CN1C(=O)[C@@H](NC(=O)[C@@H](NC(=O)c1nccs1)C1(C)CCCCC1)C(C)(C)C. The number of hydrogen-bond acceptors (Lipinski definition) is 8. The summed E-state index contributed by atoms with van der Waals surface area (Å²) in [5, 5.41) is 13.3. The van der Waals surface area contributed by atoms with Gasteiger partial charge >= 0.3 is 0 Å². The Bertz CT molecular complexity index is 1410. The fraction of sp³-hybridized carbons (Fsp3) is 0.703. The molecule has 5 atom stereocenters. The summed E-state index contributed by atoms with van der Waals surface area (Å²) in [6.45, 7) is 15.7. The van der Waals surface area contributed by atoms with Crippen LogP contribution in [0, 0.1) is 28.6 Å². The molecular formula is C37H56N6O6S. The van der Waals surface area contributed by atoms with Crippen molar-refractivity contribution in [3.8, 4) is 0 Å². The van der Waals surface area contributed by atoms with E-state index >= 15 is 0 Å². The first-order valence-electron chi connectivity index (χ1n) is 18.1. The molecule has 5 amide bonds. The Hall–Kier alpha value is -3.61. The summed E-state index contributed by atoms with van der Waals surface area (Å²) in [6, 6.07) is -3.82. The van der Waals surface area contributed by atoms with Crippen LogP contribution in [0.1, 0.15) is 109 Å². The minimum Gasteiger partial charge on any atom is -0.346 e. The fourth-order valence-corrected chi connectivity index (χ4v) is 7.75. The van der Waals surface area contributed by atoms with Gasteiger partial charge in [-0.2, -0.15) is 0 Å². The standard InChI is InChI=1S/C37H56N6O6S/c1-8-16-38-31(46)27(44)25(19-23-12-13-23)40-30(45)26-20-24(22(2)3)21-43(26)35(49)29(36(4,5)6)42-32(47)28(37(7)14-10-9-11-15-37)41-33(48)34-39-17-18-50-34/h8,17-18,22-26,28-29H,1,9-16,19-21H2,2-7H3,(H,38,46)(H,40,45)(H,41,48)(H,42,47)/t24-,25?,26+,28-,29-/m1/s1. The number of ketones is 1. The minimum absolute atomic E-state index is 0.00553. The first kappa shape index (κ1) is 39.2. The monoisotopic (exact) mass is 712 g/mol. The number of thiazole rings is 1. The number of carbonyl (C=O) groups excluding carboxylic acids is 6. The molecule has 0 aromatic carbocycles. The lowest BCUT2D eigenvalue weighted by atomic mass is 9.70. The van der Waals surface area contributed by atoms with Crippen molar-refractivity contribution in [3.63, 3.8) is 0 Å². The second-order valence-electron chi connectivity index (χ2n) is 16.1. The lowest BCUT2D eigenvalue weighted by Crippen LogP contribution is -2.63. The van der Waals surface area contributed by atoms with Crippen molar-refractivity contribution < 1.29 is 28.8 Å². The summed E-state index contributed by atoms with van der Waals surface area (Å²) in [7, 11) is 0. The first-order valence-corrected chi connectivity index (χ1v) is 19.0. The van der Waals surface area contributed by atoms with Gasteiger partial charge in [0.25, 0.3) is 11.8 Å². The van der Waals surface area contributed by atoms with Crippen molar-refractivity contribution in [1.82, 2.24) is 31.2 Å². The van der Waals surface area contributed by atoms with Crippen LogP contribution in [0.15, 0.2) is 24.2 Å². The summed E-state index contributed by atoms with van der Waals surface area (Å²) in [5.41, 5.74) is -1.28. The van der Waals surface area contributed by atoms with Crippen molar-refractivity contribution in [3.05, 3.63) is 29.2 Å². The number of amides is 5. The van der Waals surface area contributed by atoms with Crippen molar-refractivity contribution in [1.29, 1.82) is 0 Å². The fourth-order valence-electron chi connectivity index (χ4n) is 7.21. The maximum Gasteiger partial charge on any atom is 0.289 e. The first-order chi connectivity index (χ1) is 23.6. The topological polar surface area (TPSA) is 167 Å². The molecule has 13 heteroatoms. The van der Waals surface area contributed by atoms with E-state index in [1.165, 1.54) is 22.3 Å². The zero-order chi connectivity index (χ0) is 36.8. The number of aromatic nitrogens is 1. The molecule has 1 aromatic heterocycles. The van der Waals surface area contributed by atoms with Crippen LogP contribution in [0.5, 0.6) is 0 Å². The number of likely N-dealkylation sites (tertiary alicyclic amines) is 1. The Morgan fingerprint density at radius 1 is 1.06 bits per heavy atom. The Morgan fingerprint density at radius 3 is 2.30 bits per heavy atom. The van der Waals surface area contributed by atoms with Gasteiger partial charge in [-0.1, -0.05) is 79.7 Å². The van der Waals surface area contributed by atoms with E-state index in [1.807, 2.05) is 41.5 Å². The molecule has 2 heterocycles. The molecule has 0 bridgehead atoms. The molecule has 1 saturated heterocycles. The molecule has 2 aliphatic carbocycles. The highest BCUT2D eigenvalue weighted by Crippen LogP contribution is 2.40. The Labute approximate surface area is 300 Å². The van der Waals surface area contributed by atoms with E-state index in [0.717, 1.165) is 44.9 Å². The Balaban J connectivity index is 1.59. The molecule has 1 aliphatic heterocycles. The van der Waals surface area contributed by atoms with Gasteiger partial charge < -0.3 is 26.2 Å². The molecule has 12 nitrogen and oxygen atoms in total. The van der Waals surface area contributed by atoms with Crippen molar-refractivity contribution >= 4 is 46.7 Å². The van der Waals surface area contributed by atoms with Crippen molar-refractivity contribution in [2.75, 3.05) is 13.1 Å². The number of rotatable bonds is 15. The molecule has 0 spiro atoms. The van der Waals surface area contributed by atoms with Crippen LogP contribution in [0.4, 0.5) is 0 Å². The molecule has 4 N–H and O–H groups in total. The van der Waals surface area contributed by atoms with Crippen molar-refractivity contribution in [2.45, 2.75) is 123 Å². The summed E-state index contributed by atoms with van der Waals surface area (Å²) in [6.07, 6.45) is 10.0. The molecule has 4 rings (SSSR count). The Morgan fingerprint density at radius 2 is 1.74 bits per heavy atom. The van der Waals surface area contributed by atoms with Gasteiger partial charge in [-0.05, 0) is 54.3 Å². The van der Waals surface area contributed by atoms with Gasteiger partial charge in [0, 0.05) is 24.7 Å². The minimum atomic E-state index is -1.02. The van der Waals surface area contributed by atoms with Crippen LogP contribution >= 0.6 is 11.3 Å². The van der Waals surface area contributed by atoms with Gasteiger partial charge in [0.2, 0.25) is 23.5 Å². The van der Waals surface area contributed by atoms with Gasteiger partial charge in [0.05, 0.1) is 6.04 Å². The number of nitrogens with one attached hydrogen (secondary N) is 4. The average molecular weight is 713 g/mol. The van der Waals surface area contributed by atoms with E-state index in [0.29, 0.717) is 19.4 Å². The quantitative estimate of drug-likeness (QED) is 0.159. The van der Waals surface area contributed by atoms with Gasteiger partial charge in [-0.3, -0.25) is 28.8 Å². The molecule has 1 aromatic rings. The molecule has 2 saturated carbocycles. The zero-order valence-corrected chi connectivity index (χ0v) is 31.3. The smallest absolute Gasteiger partial charge is 0.289 e. The van der Waals surface area contributed by atoms with E-state index in [1.54, 1.807) is 11.6 Å². The summed E-state index contributed by atoms with van der Waals surface area (Å²) in [4.78, 5) is 87.6. The van der Waals surface area contributed by atoms with Crippen LogP contribution < -0.4 is 21.3 Å². The van der Waals surface area contributed by atoms with E-state index in [9.17, 15) is 28.8 Å². The highest BCUT2D eigenvalue weighted by atomic mass is 32.1. The third-order valence-electron chi connectivity index (χ3n) is 10.6. The normalized spacial score (nSPS) is 22.2. The molecule has 3 fully saturated rings. The van der Waals surface area contributed by atoms with E-state index in [2.05, 4.69) is 32.8 Å². The molecule has 50 heavy (non-hydrogen) atoms. The Kier molecular flexibility index (Phi) is 13.0. The third kappa shape index (κ3) is 9.79. The second-order valence-corrected chi connectivity index (χ2v) is 17.0. The van der Waals surface area contributed by atoms with Gasteiger partial charge in [-0.25, -0.2) is 4.98 Å². The highest BCUT2D eigenvalue weighted by Gasteiger charge is 2.48. The average Bonchev–Trinajstić information content (AvgIpc) is 3.50. The van der Waals surface area contributed by atoms with Crippen LogP contribution in [0.25, 0.3) is 0 Å². The molecule has 276 valence electrons. The number of hydrogen-bond donors (Lipinski definition) is 4. The van der Waals surface area contributed by atoms with Crippen LogP contribution in [0.2, 0.25) is 0 Å². The zero-order valence-electron chi connectivity index (χ0n) is 30.5. The van der Waals surface area contributed by atoms with Gasteiger partial charge in [0.15, 0.2) is 5.01 Å². The van der Waals surface area contributed by atoms with Crippen LogP contribution in [0.3, 0.4) is 0 Å².